The molecule has 19 heavy (non-hydrogen) atoms. The summed E-state index contributed by atoms with van der Waals surface area (Å²) in [6.07, 6.45) is 3.24. The highest BCUT2D eigenvalue weighted by Gasteiger charge is 2.07. The van der Waals surface area contributed by atoms with Gasteiger partial charge in [-0.25, -0.2) is 4.98 Å². The summed E-state index contributed by atoms with van der Waals surface area (Å²) in [5.74, 6) is 1.77. The number of nitrogens with zero attached hydrogens (tertiary/aromatic N) is 2. The van der Waals surface area contributed by atoms with Gasteiger partial charge in [-0.3, -0.25) is 4.98 Å². The quantitative estimate of drug-likeness (QED) is 0.914. The van der Waals surface area contributed by atoms with Gasteiger partial charge in [0.25, 0.3) is 0 Å². The normalized spacial score (nSPS) is 10.8. The van der Waals surface area contributed by atoms with Crippen LogP contribution in [0, 0.1) is 6.92 Å². The Kier molecular flexibility index (Phi) is 4.12. The molecule has 2 aromatic rings. The lowest BCUT2D eigenvalue weighted by molar-refractivity contribution is 0.455. The summed E-state index contributed by atoms with van der Waals surface area (Å²) < 4.78 is 5.79. The monoisotopic (exact) mass is 257 g/mol. The van der Waals surface area contributed by atoms with Crippen molar-refractivity contribution in [1.29, 1.82) is 0 Å². The third-order valence-corrected chi connectivity index (χ3v) is 2.98. The average Bonchev–Trinajstić information content (AvgIpc) is 2.42. The standard InChI is InChI=1S/C15H19N3O/c1-10(2)12-5-4-11(3)14(6-12)19-15-9-17-13(7-16)8-18-15/h4-6,8-10H,7,16H2,1-3H3. The van der Waals surface area contributed by atoms with Crippen LogP contribution in [-0.2, 0) is 6.54 Å². The molecule has 2 rings (SSSR count). The molecule has 1 aromatic heterocycles. The molecule has 0 saturated carbocycles. The molecule has 0 aliphatic heterocycles. The van der Waals surface area contributed by atoms with Gasteiger partial charge >= 0.3 is 0 Å². The third-order valence-electron chi connectivity index (χ3n) is 2.98. The summed E-state index contributed by atoms with van der Waals surface area (Å²) in [5, 5.41) is 0. The first-order chi connectivity index (χ1) is 9.10. The molecule has 0 saturated heterocycles. The highest BCUT2D eigenvalue weighted by atomic mass is 16.5. The fourth-order valence-corrected chi connectivity index (χ4v) is 1.70. The first-order valence-corrected chi connectivity index (χ1v) is 6.39. The van der Waals surface area contributed by atoms with Gasteiger partial charge in [-0.05, 0) is 30.0 Å². The molecular weight excluding hydrogens is 238 g/mol. The lowest BCUT2D eigenvalue weighted by Crippen LogP contribution is -2.01. The number of ether oxygens (including phenoxy) is 1. The third kappa shape index (κ3) is 3.29. The van der Waals surface area contributed by atoms with Crippen LogP contribution in [0.3, 0.4) is 0 Å². The van der Waals surface area contributed by atoms with E-state index in [1.807, 2.05) is 6.92 Å². The van der Waals surface area contributed by atoms with Gasteiger partial charge in [-0.1, -0.05) is 26.0 Å². The number of nitrogens with two attached hydrogens (primary N) is 1. The zero-order valence-corrected chi connectivity index (χ0v) is 11.6. The lowest BCUT2D eigenvalue weighted by atomic mass is 10.0. The maximum atomic E-state index is 5.79. The Morgan fingerprint density at radius 3 is 2.58 bits per heavy atom. The van der Waals surface area contributed by atoms with Gasteiger partial charge in [0.15, 0.2) is 0 Å². The van der Waals surface area contributed by atoms with E-state index < -0.39 is 0 Å². The van der Waals surface area contributed by atoms with E-state index in [9.17, 15) is 0 Å². The second-order valence-corrected chi connectivity index (χ2v) is 4.83. The largest absolute Gasteiger partial charge is 0.437 e. The van der Waals surface area contributed by atoms with Crippen molar-refractivity contribution in [2.24, 2.45) is 5.73 Å². The molecule has 0 fully saturated rings. The Bertz CT molecular complexity index is 550. The zero-order chi connectivity index (χ0) is 13.8. The molecule has 4 nitrogen and oxygen atoms in total. The van der Waals surface area contributed by atoms with Crippen LogP contribution in [0.4, 0.5) is 0 Å². The van der Waals surface area contributed by atoms with E-state index in [-0.39, 0.29) is 0 Å². The van der Waals surface area contributed by atoms with Gasteiger partial charge in [0.2, 0.25) is 5.88 Å². The molecule has 0 unspecified atom stereocenters. The number of aromatic nitrogens is 2. The lowest BCUT2D eigenvalue weighted by Gasteiger charge is -2.11. The number of benzene rings is 1. The molecule has 0 atom stereocenters. The molecule has 1 heterocycles. The van der Waals surface area contributed by atoms with Crippen molar-refractivity contribution in [3.8, 4) is 11.6 Å². The predicted molar refractivity (Wildman–Crippen MR) is 75.3 cm³/mol. The smallest absolute Gasteiger partial charge is 0.237 e. The van der Waals surface area contributed by atoms with Gasteiger partial charge in [0.1, 0.15) is 5.75 Å². The Morgan fingerprint density at radius 2 is 2.00 bits per heavy atom. The number of aryl methyl sites for hydroxylation is 1. The maximum Gasteiger partial charge on any atom is 0.237 e. The zero-order valence-electron chi connectivity index (χ0n) is 11.6. The molecule has 0 radical (unpaired) electrons. The van der Waals surface area contributed by atoms with Crippen LogP contribution in [-0.4, -0.2) is 9.97 Å². The first-order valence-electron chi connectivity index (χ1n) is 6.39. The second kappa shape index (κ2) is 5.80. The van der Waals surface area contributed by atoms with Crippen LogP contribution in [0.15, 0.2) is 30.6 Å². The van der Waals surface area contributed by atoms with Crippen molar-refractivity contribution in [2.45, 2.75) is 33.2 Å². The van der Waals surface area contributed by atoms with Gasteiger partial charge in [-0.2, -0.15) is 0 Å². The SMILES string of the molecule is Cc1ccc(C(C)C)cc1Oc1cnc(CN)cn1. The van der Waals surface area contributed by atoms with E-state index in [1.165, 1.54) is 5.56 Å². The van der Waals surface area contributed by atoms with E-state index in [2.05, 4.69) is 42.0 Å². The number of rotatable bonds is 4. The molecule has 0 bridgehead atoms. The van der Waals surface area contributed by atoms with Gasteiger partial charge < -0.3 is 10.5 Å². The van der Waals surface area contributed by atoms with Crippen molar-refractivity contribution in [1.82, 2.24) is 9.97 Å². The molecule has 0 aliphatic carbocycles. The van der Waals surface area contributed by atoms with E-state index in [1.54, 1.807) is 12.4 Å². The van der Waals surface area contributed by atoms with Crippen molar-refractivity contribution in [3.63, 3.8) is 0 Å². The summed E-state index contributed by atoms with van der Waals surface area (Å²) in [6, 6.07) is 6.24. The van der Waals surface area contributed by atoms with Gasteiger partial charge in [0.05, 0.1) is 18.1 Å². The van der Waals surface area contributed by atoms with Gasteiger partial charge in [-0.15, -0.1) is 0 Å². The highest BCUT2D eigenvalue weighted by Crippen LogP contribution is 2.27. The first kappa shape index (κ1) is 13.5. The molecule has 100 valence electrons. The van der Waals surface area contributed by atoms with Crippen molar-refractivity contribution >= 4 is 0 Å². The highest BCUT2D eigenvalue weighted by molar-refractivity contribution is 5.39. The summed E-state index contributed by atoms with van der Waals surface area (Å²) in [7, 11) is 0. The summed E-state index contributed by atoms with van der Waals surface area (Å²) in [5.41, 5.74) is 8.56. The van der Waals surface area contributed by atoms with Crippen molar-refractivity contribution in [2.75, 3.05) is 0 Å². The molecule has 2 N–H and O–H groups in total. The predicted octanol–water partition coefficient (Wildman–Crippen LogP) is 3.16. The Morgan fingerprint density at radius 1 is 1.21 bits per heavy atom. The molecule has 0 aliphatic rings. The number of hydrogen-bond donors (Lipinski definition) is 1. The maximum absolute atomic E-state index is 5.79. The summed E-state index contributed by atoms with van der Waals surface area (Å²) in [4.78, 5) is 8.36. The molecule has 1 aromatic carbocycles. The van der Waals surface area contributed by atoms with Gasteiger partial charge in [0, 0.05) is 6.54 Å². The van der Waals surface area contributed by atoms with E-state index in [0.717, 1.165) is 17.0 Å². The van der Waals surface area contributed by atoms with Crippen LogP contribution in [0.25, 0.3) is 0 Å². The van der Waals surface area contributed by atoms with Crippen LogP contribution >= 0.6 is 0 Å². The van der Waals surface area contributed by atoms with Crippen LogP contribution in [0.5, 0.6) is 11.6 Å². The van der Waals surface area contributed by atoms with E-state index in [0.29, 0.717) is 18.3 Å². The summed E-state index contributed by atoms with van der Waals surface area (Å²) in [6.45, 7) is 6.71. The molecular formula is C15H19N3O. The summed E-state index contributed by atoms with van der Waals surface area (Å²) >= 11 is 0. The Hall–Kier alpha value is -1.94. The minimum absolute atomic E-state index is 0.384. The fourth-order valence-electron chi connectivity index (χ4n) is 1.70. The average molecular weight is 257 g/mol. The minimum atomic E-state index is 0.384. The molecule has 0 amide bonds. The van der Waals surface area contributed by atoms with Crippen molar-refractivity contribution in [3.05, 3.63) is 47.4 Å². The Balaban J connectivity index is 2.23. The van der Waals surface area contributed by atoms with Crippen LogP contribution in [0.1, 0.15) is 36.6 Å². The molecule has 4 heteroatoms. The van der Waals surface area contributed by atoms with Crippen LogP contribution in [0.2, 0.25) is 0 Å². The van der Waals surface area contributed by atoms with Crippen molar-refractivity contribution < 1.29 is 4.74 Å². The molecule has 0 spiro atoms. The topological polar surface area (TPSA) is 61.0 Å². The second-order valence-electron chi connectivity index (χ2n) is 4.83. The number of hydrogen-bond acceptors (Lipinski definition) is 4. The van der Waals surface area contributed by atoms with Crippen LogP contribution < -0.4 is 10.5 Å². The van der Waals surface area contributed by atoms with E-state index >= 15 is 0 Å². The minimum Gasteiger partial charge on any atom is -0.437 e. The Labute approximate surface area is 113 Å². The van der Waals surface area contributed by atoms with E-state index in [4.69, 9.17) is 10.5 Å². The fraction of sp³-hybridized carbons (Fsp3) is 0.333.